The molecular weight excluding hydrogens is 346 g/mol. The van der Waals surface area contributed by atoms with Crippen molar-refractivity contribution in [3.8, 4) is 5.75 Å². The molecule has 3 aromatic carbocycles. The van der Waals surface area contributed by atoms with Crippen LogP contribution >= 0.6 is 0 Å². The molecule has 3 nitrogen and oxygen atoms in total. The molecule has 1 amide bonds. The molecule has 1 aliphatic rings. The highest BCUT2D eigenvalue weighted by molar-refractivity contribution is 6.04. The molecule has 0 heterocycles. The zero-order valence-corrected chi connectivity index (χ0v) is 16.4. The highest BCUT2D eigenvalue weighted by Crippen LogP contribution is 2.26. The molecule has 0 unspecified atom stereocenters. The molecule has 0 saturated heterocycles. The Morgan fingerprint density at radius 1 is 0.929 bits per heavy atom. The quantitative estimate of drug-likeness (QED) is 0.632. The van der Waals surface area contributed by atoms with Crippen LogP contribution in [0.25, 0.3) is 0 Å². The summed E-state index contributed by atoms with van der Waals surface area (Å²) in [5.74, 6) is 0.815. The Kier molecular flexibility index (Phi) is 5.16. The number of anilines is 1. The molecule has 0 radical (unpaired) electrons. The highest BCUT2D eigenvalue weighted by Gasteiger charge is 2.11. The van der Waals surface area contributed by atoms with E-state index < -0.39 is 0 Å². The van der Waals surface area contributed by atoms with Gasteiger partial charge < -0.3 is 10.1 Å². The summed E-state index contributed by atoms with van der Waals surface area (Å²) in [5, 5.41) is 2.98. The van der Waals surface area contributed by atoms with Crippen molar-refractivity contribution >= 4 is 11.6 Å². The molecule has 142 valence electrons. The Labute approximate surface area is 166 Å². The first-order valence-electron chi connectivity index (χ1n) is 9.81. The van der Waals surface area contributed by atoms with Crippen molar-refractivity contribution in [2.75, 3.05) is 5.32 Å². The molecule has 0 spiro atoms. The van der Waals surface area contributed by atoms with Crippen molar-refractivity contribution in [1.82, 2.24) is 0 Å². The minimum Gasteiger partial charge on any atom is -0.489 e. The fourth-order valence-corrected chi connectivity index (χ4v) is 3.71. The molecule has 3 heteroatoms. The normalized spacial score (nSPS) is 12.5. The molecule has 1 N–H and O–H groups in total. The molecule has 0 fully saturated rings. The van der Waals surface area contributed by atoms with Gasteiger partial charge in [-0.25, -0.2) is 0 Å². The maximum Gasteiger partial charge on any atom is 0.255 e. The molecule has 4 rings (SSSR count). The van der Waals surface area contributed by atoms with Gasteiger partial charge >= 0.3 is 0 Å². The summed E-state index contributed by atoms with van der Waals surface area (Å²) in [6, 6.07) is 20.0. The Bertz CT molecular complexity index is 1010. The van der Waals surface area contributed by atoms with Crippen LogP contribution in [0.15, 0.2) is 60.7 Å². The SMILES string of the molecule is Cc1ccc(NC(=O)c2ccc(COc3ccc4c(c3)CCC4)cc2)c(C)c1. The van der Waals surface area contributed by atoms with E-state index >= 15 is 0 Å². The average molecular weight is 371 g/mol. The number of nitrogens with one attached hydrogen (secondary N) is 1. The lowest BCUT2D eigenvalue weighted by atomic mass is 10.1. The number of hydrogen-bond acceptors (Lipinski definition) is 2. The van der Waals surface area contributed by atoms with Gasteiger partial charge in [0.2, 0.25) is 0 Å². The summed E-state index contributed by atoms with van der Waals surface area (Å²) in [4.78, 5) is 12.5. The van der Waals surface area contributed by atoms with Gasteiger partial charge in [-0.3, -0.25) is 4.79 Å². The van der Waals surface area contributed by atoms with Gasteiger partial charge in [0, 0.05) is 11.3 Å². The second kappa shape index (κ2) is 7.89. The lowest BCUT2D eigenvalue weighted by Gasteiger charge is -2.10. The van der Waals surface area contributed by atoms with Crippen molar-refractivity contribution in [2.24, 2.45) is 0 Å². The van der Waals surface area contributed by atoms with Crippen LogP contribution in [0.4, 0.5) is 5.69 Å². The maximum absolute atomic E-state index is 12.5. The summed E-state index contributed by atoms with van der Waals surface area (Å²) < 4.78 is 5.94. The minimum absolute atomic E-state index is 0.0990. The molecule has 1 aliphatic carbocycles. The lowest BCUT2D eigenvalue weighted by Crippen LogP contribution is -2.12. The van der Waals surface area contributed by atoms with Crippen LogP contribution in [0.5, 0.6) is 5.75 Å². The predicted molar refractivity (Wildman–Crippen MR) is 113 cm³/mol. The van der Waals surface area contributed by atoms with Crippen molar-refractivity contribution in [2.45, 2.75) is 39.7 Å². The van der Waals surface area contributed by atoms with Crippen molar-refractivity contribution in [1.29, 1.82) is 0 Å². The molecule has 0 saturated carbocycles. The van der Waals surface area contributed by atoms with Gasteiger partial charge in [0.1, 0.15) is 12.4 Å². The minimum atomic E-state index is -0.0990. The number of fused-ring (bicyclic) bond motifs is 1. The first-order valence-corrected chi connectivity index (χ1v) is 9.81. The van der Waals surface area contributed by atoms with Crippen molar-refractivity contribution < 1.29 is 9.53 Å². The predicted octanol–water partition coefficient (Wildman–Crippen LogP) is 5.62. The standard InChI is InChI=1S/C25H25NO2/c1-17-6-13-24(18(2)14-17)26-25(27)21-9-7-19(8-10-21)16-28-23-12-11-20-4-3-5-22(20)15-23/h6-15H,3-5,16H2,1-2H3,(H,26,27). The molecule has 0 aliphatic heterocycles. The largest absolute Gasteiger partial charge is 0.489 e. The zero-order chi connectivity index (χ0) is 19.5. The monoisotopic (exact) mass is 371 g/mol. The maximum atomic E-state index is 12.5. The Morgan fingerprint density at radius 3 is 2.50 bits per heavy atom. The van der Waals surface area contributed by atoms with Crippen LogP contribution in [0, 0.1) is 13.8 Å². The Balaban J connectivity index is 1.37. The Morgan fingerprint density at radius 2 is 1.71 bits per heavy atom. The van der Waals surface area contributed by atoms with Crippen LogP contribution in [0.3, 0.4) is 0 Å². The molecule has 28 heavy (non-hydrogen) atoms. The third-order valence-electron chi connectivity index (χ3n) is 5.32. The summed E-state index contributed by atoms with van der Waals surface area (Å²) in [6.07, 6.45) is 3.57. The van der Waals surface area contributed by atoms with Crippen LogP contribution < -0.4 is 10.1 Å². The number of benzene rings is 3. The molecule has 0 aromatic heterocycles. The Hall–Kier alpha value is -3.07. The van der Waals surface area contributed by atoms with Gasteiger partial charge in [0.15, 0.2) is 0 Å². The number of hydrogen-bond donors (Lipinski definition) is 1. The number of rotatable bonds is 5. The molecular formula is C25H25NO2. The van der Waals surface area contributed by atoms with Gasteiger partial charge in [0.25, 0.3) is 5.91 Å². The number of carbonyl (C=O) groups is 1. The fraction of sp³-hybridized carbons (Fsp3) is 0.240. The van der Waals surface area contributed by atoms with E-state index in [1.165, 1.54) is 29.5 Å². The van der Waals surface area contributed by atoms with E-state index in [0.29, 0.717) is 12.2 Å². The van der Waals surface area contributed by atoms with E-state index in [-0.39, 0.29) is 5.91 Å². The van der Waals surface area contributed by atoms with Gasteiger partial charge in [-0.05, 0) is 85.7 Å². The lowest BCUT2D eigenvalue weighted by molar-refractivity contribution is 0.102. The summed E-state index contributed by atoms with van der Waals surface area (Å²) in [7, 11) is 0. The third kappa shape index (κ3) is 4.09. The van der Waals surface area contributed by atoms with E-state index in [1.54, 1.807) is 0 Å². The number of ether oxygens (including phenoxy) is 1. The van der Waals surface area contributed by atoms with Crippen molar-refractivity contribution in [3.05, 3.63) is 94.0 Å². The molecule has 0 bridgehead atoms. The summed E-state index contributed by atoms with van der Waals surface area (Å²) >= 11 is 0. The summed E-state index contributed by atoms with van der Waals surface area (Å²) in [5.41, 5.74) is 7.64. The van der Waals surface area contributed by atoms with Crippen LogP contribution in [0.2, 0.25) is 0 Å². The second-order valence-electron chi connectivity index (χ2n) is 7.54. The van der Waals surface area contributed by atoms with Crippen LogP contribution in [0.1, 0.15) is 44.6 Å². The average Bonchev–Trinajstić information content (AvgIpc) is 3.17. The van der Waals surface area contributed by atoms with E-state index in [9.17, 15) is 4.79 Å². The van der Waals surface area contributed by atoms with Crippen molar-refractivity contribution in [3.63, 3.8) is 0 Å². The van der Waals surface area contributed by atoms with Crippen LogP contribution in [-0.2, 0) is 19.4 Å². The van der Waals surface area contributed by atoms with E-state index in [1.807, 2.05) is 50.2 Å². The molecule has 0 atom stereocenters. The summed E-state index contributed by atoms with van der Waals surface area (Å²) in [6.45, 7) is 4.54. The molecule has 3 aromatic rings. The van der Waals surface area contributed by atoms with Gasteiger partial charge in [0.05, 0.1) is 0 Å². The fourth-order valence-electron chi connectivity index (χ4n) is 3.71. The second-order valence-corrected chi connectivity index (χ2v) is 7.54. The first-order chi connectivity index (χ1) is 13.6. The highest BCUT2D eigenvalue weighted by atomic mass is 16.5. The first kappa shape index (κ1) is 18.3. The number of carbonyl (C=O) groups excluding carboxylic acids is 1. The van der Waals surface area contributed by atoms with E-state index in [4.69, 9.17) is 4.74 Å². The number of amides is 1. The van der Waals surface area contributed by atoms with E-state index in [2.05, 4.69) is 29.6 Å². The third-order valence-corrected chi connectivity index (χ3v) is 5.32. The van der Waals surface area contributed by atoms with Gasteiger partial charge in [-0.1, -0.05) is 35.9 Å². The zero-order valence-electron chi connectivity index (χ0n) is 16.4. The van der Waals surface area contributed by atoms with Crippen LogP contribution in [-0.4, -0.2) is 5.91 Å². The smallest absolute Gasteiger partial charge is 0.255 e. The van der Waals surface area contributed by atoms with E-state index in [0.717, 1.165) is 29.0 Å². The van der Waals surface area contributed by atoms with Gasteiger partial charge in [-0.2, -0.15) is 0 Å². The van der Waals surface area contributed by atoms with Gasteiger partial charge in [-0.15, -0.1) is 0 Å². The topological polar surface area (TPSA) is 38.3 Å². The number of aryl methyl sites for hydroxylation is 4.